The fourth-order valence-electron chi connectivity index (χ4n) is 3.22. The molecule has 0 amide bonds. The molecule has 0 radical (unpaired) electrons. The first kappa shape index (κ1) is 17.1. The van der Waals surface area contributed by atoms with Crippen molar-refractivity contribution in [2.45, 2.75) is 31.7 Å². The second-order valence-corrected chi connectivity index (χ2v) is 6.66. The number of aliphatic imine (C=N–C) groups is 1. The summed E-state index contributed by atoms with van der Waals surface area (Å²) in [7, 11) is 0. The monoisotopic (exact) mass is 365 g/mol. The summed E-state index contributed by atoms with van der Waals surface area (Å²) in [6, 6.07) is 6.03. The first-order chi connectivity index (χ1) is 13.1. The Morgan fingerprint density at radius 1 is 1.33 bits per heavy atom. The van der Waals surface area contributed by atoms with Gasteiger partial charge in [0.25, 0.3) is 0 Å². The smallest absolute Gasteiger partial charge is 0.148 e. The molecule has 2 heterocycles. The van der Waals surface area contributed by atoms with Crippen LogP contribution in [0.15, 0.2) is 46.9 Å². The standard InChI is InChI=1S/C19H20FN7/c1-11(16(26-22)8-23-15-5-3-2-4-14(15)20)27-9-13(12-6-7-12)17-18(21)24-10-25-19(17)27/h2-5,8-12H,6-7,22H2,1H3,(H2,21,24,25). The molecular formula is C19H20FN7. The Balaban J connectivity index is 1.72. The third kappa shape index (κ3) is 3.14. The number of hydrogen-bond acceptors (Lipinski definition) is 6. The van der Waals surface area contributed by atoms with E-state index in [1.165, 1.54) is 18.6 Å². The zero-order valence-corrected chi connectivity index (χ0v) is 14.9. The van der Waals surface area contributed by atoms with Gasteiger partial charge in [0.1, 0.15) is 29.3 Å². The van der Waals surface area contributed by atoms with Crippen molar-refractivity contribution >= 4 is 34.5 Å². The number of aromatic nitrogens is 3. The summed E-state index contributed by atoms with van der Waals surface area (Å²) in [6.07, 6.45) is 7.24. The van der Waals surface area contributed by atoms with Crippen LogP contribution in [0.5, 0.6) is 0 Å². The molecule has 4 N–H and O–H groups in total. The number of nitrogen functional groups attached to an aromatic ring is 1. The number of halogens is 1. The Morgan fingerprint density at radius 3 is 2.81 bits per heavy atom. The van der Waals surface area contributed by atoms with Crippen molar-refractivity contribution < 1.29 is 4.39 Å². The highest BCUT2D eigenvalue weighted by Gasteiger charge is 2.30. The molecule has 4 rings (SSSR count). The van der Waals surface area contributed by atoms with Gasteiger partial charge >= 0.3 is 0 Å². The number of nitrogens with zero attached hydrogens (tertiary/aromatic N) is 5. The van der Waals surface area contributed by atoms with E-state index in [4.69, 9.17) is 11.6 Å². The van der Waals surface area contributed by atoms with E-state index < -0.39 is 5.82 Å². The van der Waals surface area contributed by atoms with Crippen LogP contribution in [0.4, 0.5) is 15.9 Å². The molecule has 1 unspecified atom stereocenters. The van der Waals surface area contributed by atoms with E-state index in [2.05, 4.69) is 20.1 Å². The van der Waals surface area contributed by atoms with Crippen LogP contribution in [-0.2, 0) is 0 Å². The molecule has 1 atom stereocenters. The summed E-state index contributed by atoms with van der Waals surface area (Å²) in [5.41, 5.74) is 8.72. The number of hydrazone groups is 1. The number of hydrogen-bond donors (Lipinski definition) is 2. The third-order valence-electron chi connectivity index (χ3n) is 4.87. The zero-order chi connectivity index (χ0) is 19.0. The van der Waals surface area contributed by atoms with Gasteiger partial charge in [0.15, 0.2) is 0 Å². The molecule has 7 nitrogen and oxygen atoms in total. The van der Waals surface area contributed by atoms with Crippen LogP contribution < -0.4 is 11.6 Å². The van der Waals surface area contributed by atoms with E-state index in [1.807, 2.05) is 17.7 Å². The first-order valence-electron chi connectivity index (χ1n) is 8.77. The fraction of sp³-hybridized carbons (Fsp3) is 0.263. The molecule has 138 valence electrons. The summed E-state index contributed by atoms with van der Waals surface area (Å²) in [4.78, 5) is 12.7. The predicted molar refractivity (Wildman–Crippen MR) is 105 cm³/mol. The molecule has 0 saturated heterocycles. The lowest BCUT2D eigenvalue weighted by atomic mass is 10.1. The Hall–Kier alpha value is -3.29. The lowest BCUT2D eigenvalue weighted by Gasteiger charge is -2.14. The SMILES string of the molecule is CC(C(C=Nc1ccccc1F)=NN)n1cc(C2CC2)c2c(N)ncnc21. The lowest BCUT2D eigenvalue weighted by molar-refractivity contribution is 0.630. The van der Waals surface area contributed by atoms with Gasteiger partial charge in [-0.25, -0.2) is 14.4 Å². The van der Waals surface area contributed by atoms with Crippen molar-refractivity contribution in [2.75, 3.05) is 5.73 Å². The van der Waals surface area contributed by atoms with E-state index in [-0.39, 0.29) is 11.7 Å². The van der Waals surface area contributed by atoms with Gasteiger partial charge in [-0.1, -0.05) is 12.1 Å². The number of nitrogens with two attached hydrogens (primary N) is 2. The van der Waals surface area contributed by atoms with Crippen molar-refractivity contribution in [3.8, 4) is 0 Å². The third-order valence-corrected chi connectivity index (χ3v) is 4.87. The average Bonchev–Trinajstić information content (AvgIpc) is 3.44. The Labute approximate surface area is 155 Å². The average molecular weight is 365 g/mol. The number of para-hydroxylation sites is 1. The molecule has 8 heteroatoms. The first-order valence-corrected chi connectivity index (χ1v) is 8.77. The van der Waals surface area contributed by atoms with Crippen LogP contribution in [0, 0.1) is 5.82 Å². The van der Waals surface area contributed by atoms with Gasteiger partial charge in [0.05, 0.1) is 23.3 Å². The molecule has 1 aromatic carbocycles. The van der Waals surface area contributed by atoms with Crippen molar-refractivity contribution in [1.29, 1.82) is 0 Å². The van der Waals surface area contributed by atoms with Crippen molar-refractivity contribution in [1.82, 2.24) is 14.5 Å². The number of fused-ring (bicyclic) bond motifs is 1. The highest BCUT2D eigenvalue weighted by molar-refractivity contribution is 6.32. The lowest BCUT2D eigenvalue weighted by Crippen LogP contribution is -2.19. The molecule has 3 aromatic rings. The summed E-state index contributed by atoms with van der Waals surface area (Å²) in [5, 5.41) is 4.74. The summed E-state index contributed by atoms with van der Waals surface area (Å²) < 4.78 is 15.8. The minimum atomic E-state index is -0.402. The molecule has 27 heavy (non-hydrogen) atoms. The van der Waals surface area contributed by atoms with Crippen molar-refractivity contribution in [3.63, 3.8) is 0 Å². The quantitative estimate of drug-likeness (QED) is 0.411. The van der Waals surface area contributed by atoms with Crippen LogP contribution in [0.25, 0.3) is 11.0 Å². The summed E-state index contributed by atoms with van der Waals surface area (Å²) >= 11 is 0. The van der Waals surface area contributed by atoms with Gasteiger partial charge in [-0.3, -0.25) is 4.99 Å². The number of benzene rings is 1. The topological polar surface area (TPSA) is 107 Å². The van der Waals surface area contributed by atoms with Gasteiger partial charge < -0.3 is 16.1 Å². The summed E-state index contributed by atoms with van der Waals surface area (Å²) in [5.74, 6) is 6.15. The largest absolute Gasteiger partial charge is 0.383 e. The Bertz CT molecular complexity index is 1050. The van der Waals surface area contributed by atoms with Crippen LogP contribution >= 0.6 is 0 Å². The molecule has 1 aliphatic rings. The second-order valence-electron chi connectivity index (χ2n) is 6.66. The molecule has 2 aromatic heterocycles. The van der Waals surface area contributed by atoms with Gasteiger partial charge in [-0.05, 0) is 43.4 Å². The van der Waals surface area contributed by atoms with Crippen molar-refractivity contribution in [2.24, 2.45) is 15.9 Å². The Kier molecular flexibility index (Phi) is 4.31. The number of rotatable bonds is 5. The van der Waals surface area contributed by atoms with Gasteiger partial charge in [0.2, 0.25) is 0 Å². The highest BCUT2D eigenvalue weighted by Crippen LogP contribution is 2.45. The van der Waals surface area contributed by atoms with Crippen molar-refractivity contribution in [3.05, 3.63) is 48.2 Å². The second kappa shape index (κ2) is 6.79. The minimum Gasteiger partial charge on any atom is -0.383 e. The normalized spacial score (nSPS) is 16.3. The van der Waals surface area contributed by atoms with Gasteiger partial charge in [-0.2, -0.15) is 5.10 Å². The highest BCUT2D eigenvalue weighted by atomic mass is 19.1. The maximum absolute atomic E-state index is 13.8. The van der Waals surface area contributed by atoms with Crippen LogP contribution in [0.2, 0.25) is 0 Å². The predicted octanol–water partition coefficient (Wildman–Crippen LogP) is 3.31. The maximum atomic E-state index is 13.8. The summed E-state index contributed by atoms with van der Waals surface area (Å²) in [6.45, 7) is 1.94. The fourth-order valence-corrected chi connectivity index (χ4v) is 3.22. The van der Waals surface area contributed by atoms with Gasteiger partial charge in [-0.15, -0.1) is 0 Å². The van der Waals surface area contributed by atoms with E-state index in [0.29, 0.717) is 17.4 Å². The molecule has 0 bridgehead atoms. The van der Waals surface area contributed by atoms with Crippen LogP contribution in [-0.4, -0.2) is 26.5 Å². The van der Waals surface area contributed by atoms with Crippen LogP contribution in [0.3, 0.4) is 0 Å². The molecule has 1 fully saturated rings. The minimum absolute atomic E-state index is 0.230. The Morgan fingerprint density at radius 2 is 2.11 bits per heavy atom. The van der Waals surface area contributed by atoms with E-state index >= 15 is 0 Å². The van der Waals surface area contributed by atoms with E-state index in [0.717, 1.165) is 29.4 Å². The molecule has 0 spiro atoms. The van der Waals surface area contributed by atoms with Gasteiger partial charge in [0, 0.05) is 6.20 Å². The molecular weight excluding hydrogens is 345 g/mol. The maximum Gasteiger partial charge on any atom is 0.148 e. The zero-order valence-electron chi connectivity index (χ0n) is 14.9. The molecule has 1 saturated carbocycles. The number of anilines is 1. The van der Waals surface area contributed by atoms with E-state index in [9.17, 15) is 4.39 Å². The van der Waals surface area contributed by atoms with Crippen LogP contribution in [0.1, 0.15) is 37.3 Å². The molecule has 1 aliphatic carbocycles. The van der Waals surface area contributed by atoms with E-state index in [1.54, 1.807) is 18.2 Å². The molecule has 0 aliphatic heterocycles.